The third kappa shape index (κ3) is 2.88. The fourth-order valence-corrected chi connectivity index (χ4v) is 2.29. The van der Waals surface area contributed by atoms with Gasteiger partial charge in [0.15, 0.2) is 0 Å². The fourth-order valence-electron chi connectivity index (χ4n) is 2.29. The average molecular weight is 251 g/mol. The molecule has 1 aliphatic rings. The second kappa shape index (κ2) is 5.97. The molecular formula is C12H21N5O. The van der Waals surface area contributed by atoms with Gasteiger partial charge >= 0.3 is 0 Å². The number of nitrogen functional groups attached to an aromatic ring is 1. The summed E-state index contributed by atoms with van der Waals surface area (Å²) in [6, 6.07) is 0. The van der Waals surface area contributed by atoms with Crippen LogP contribution in [0, 0.1) is 6.92 Å². The van der Waals surface area contributed by atoms with E-state index in [1.165, 1.54) is 0 Å². The lowest BCUT2D eigenvalue weighted by Gasteiger charge is -2.33. The van der Waals surface area contributed by atoms with Crippen LogP contribution in [0.1, 0.15) is 25.3 Å². The van der Waals surface area contributed by atoms with Crippen molar-refractivity contribution in [2.75, 3.05) is 30.0 Å². The summed E-state index contributed by atoms with van der Waals surface area (Å²) in [5.41, 5.74) is 3.56. The van der Waals surface area contributed by atoms with Gasteiger partial charge in [-0.3, -0.25) is 5.43 Å². The van der Waals surface area contributed by atoms with Crippen LogP contribution in [-0.2, 0) is 4.74 Å². The highest BCUT2D eigenvalue weighted by molar-refractivity contribution is 5.49. The Morgan fingerprint density at radius 2 is 2.22 bits per heavy atom. The predicted molar refractivity (Wildman–Crippen MR) is 71.4 cm³/mol. The van der Waals surface area contributed by atoms with Crippen molar-refractivity contribution in [2.45, 2.75) is 32.8 Å². The van der Waals surface area contributed by atoms with E-state index in [1.54, 1.807) is 6.20 Å². The molecule has 100 valence electrons. The van der Waals surface area contributed by atoms with Gasteiger partial charge in [0.1, 0.15) is 5.82 Å². The maximum atomic E-state index is 5.65. The van der Waals surface area contributed by atoms with E-state index in [1.807, 2.05) is 13.8 Å². The van der Waals surface area contributed by atoms with Gasteiger partial charge in [0, 0.05) is 31.5 Å². The molecule has 1 aliphatic heterocycles. The number of nitrogens with one attached hydrogen (secondary N) is 1. The molecule has 0 aromatic carbocycles. The van der Waals surface area contributed by atoms with Crippen LogP contribution in [0.25, 0.3) is 0 Å². The number of rotatable bonds is 4. The minimum absolute atomic E-state index is 0.389. The van der Waals surface area contributed by atoms with Gasteiger partial charge in [0.2, 0.25) is 5.95 Å². The Morgan fingerprint density at radius 1 is 1.50 bits per heavy atom. The van der Waals surface area contributed by atoms with Gasteiger partial charge in [-0.15, -0.1) is 0 Å². The van der Waals surface area contributed by atoms with Gasteiger partial charge in [-0.05, 0) is 26.7 Å². The second-order valence-electron chi connectivity index (χ2n) is 4.49. The third-order valence-electron chi connectivity index (χ3n) is 3.22. The van der Waals surface area contributed by atoms with Crippen molar-refractivity contribution in [3.8, 4) is 0 Å². The first-order valence-electron chi connectivity index (χ1n) is 6.41. The number of aryl methyl sites for hydroxylation is 1. The van der Waals surface area contributed by atoms with Gasteiger partial charge in [0.05, 0.1) is 6.10 Å². The van der Waals surface area contributed by atoms with Crippen LogP contribution in [0.3, 0.4) is 0 Å². The number of aromatic nitrogens is 2. The van der Waals surface area contributed by atoms with Gasteiger partial charge in [-0.2, -0.15) is 4.98 Å². The summed E-state index contributed by atoms with van der Waals surface area (Å²) in [6.45, 7) is 6.78. The van der Waals surface area contributed by atoms with Crippen molar-refractivity contribution in [3.05, 3.63) is 11.8 Å². The lowest BCUT2D eigenvalue weighted by molar-refractivity contribution is 0.0458. The largest absolute Gasteiger partial charge is 0.378 e. The molecule has 0 atom stereocenters. The van der Waals surface area contributed by atoms with Crippen molar-refractivity contribution in [1.82, 2.24) is 9.97 Å². The van der Waals surface area contributed by atoms with Crippen LogP contribution in [0.5, 0.6) is 0 Å². The smallest absolute Gasteiger partial charge is 0.239 e. The summed E-state index contributed by atoms with van der Waals surface area (Å²) in [5, 5.41) is 0. The molecule has 2 rings (SSSR count). The van der Waals surface area contributed by atoms with Crippen LogP contribution in [0.2, 0.25) is 0 Å². The average Bonchev–Trinajstić information content (AvgIpc) is 2.41. The summed E-state index contributed by atoms with van der Waals surface area (Å²) in [4.78, 5) is 10.8. The molecule has 1 fully saturated rings. The number of hydrazine groups is 1. The SMILES string of the molecule is CCOC1CCN(c2nc(NN)ncc2C)CC1. The molecule has 1 aromatic heterocycles. The maximum Gasteiger partial charge on any atom is 0.239 e. The molecule has 2 heterocycles. The molecule has 0 aliphatic carbocycles. The van der Waals surface area contributed by atoms with Crippen molar-refractivity contribution in [2.24, 2.45) is 5.84 Å². The monoisotopic (exact) mass is 251 g/mol. The highest BCUT2D eigenvalue weighted by Gasteiger charge is 2.21. The van der Waals surface area contributed by atoms with E-state index >= 15 is 0 Å². The van der Waals surface area contributed by atoms with E-state index in [2.05, 4.69) is 20.3 Å². The molecule has 3 N–H and O–H groups in total. The number of hydrogen-bond donors (Lipinski definition) is 2. The van der Waals surface area contributed by atoms with E-state index in [-0.39, 0.29) is 0 Å². The molecule has 6 nitrogen and oxygen atoms in total. The Balaban J connectivity index is 2.04. The molecule has 0 radical (unpaired) electrons. The van der Waals surface area contributed by atoms with E-state index < -0.39 is 0 Å². The molecule has 0 amide bonds. The highest BCUT2D eigenvalue weighted by Crippen LogP contribution is 2.23. The predicted octanol–water partition coefficient (Wildman–Crippen LogP) is 1.08. The van der Waals surface area contributed by atoms with Gasteiger partial charge in [-0.1, -0.05) is 0 Å². The Kier molecular flexibility index (Phi) is 4.33. The summed E-state index contributed by atoms with van der Waals surface area (Å²) < 4.78 is 5.65. The standard InChI is InChI=1S/C12H21N5O/c1-3-18-10-4-6-17(7-5-10)11-9(2)8-14-12(15-11)16-13/h8,10H,3-7,13H2,1-2H3,(H,14,15,16). The van der Waals surface area contributed by atoms with Gasteiger partial charge < -0.3 is 9.64 Å². The van der Waals surface area contributed by atoms with E-state index in [0.717, 1.165) is 43.9 Å². The van der Waals surface area contributed by atoms with Crippen molar-refractivity contribution < 1.29 is 4.74 Å². The van der Waals surface area contributed by atoms with E-state index in [4.69, 9.17) is 10.6 Å². The molecule has 1 saturated heterocycles. The summed E-state index contributed by atoms with van der Waals surface area (Å²) in [7, 11) is 0. The van der Waals surface area contributed by atoms with Crippen molar-refractivity contribution in [1.29, 1.82) is 0 Å². The summed E-state index contributed by atoms with van der Waals surface area (Å²) >= 11 is 0. The molecule has 0 unspecified atom stereocenters. The lowest BCUT2D eigenvalue weighted by atomic mass is 10.1. The summed E-state index contributed by atoms with van der Waals surface area (Å²) in [5.74, 6) is 6.77. The molecule has 1 aromatic rings. The number of piperidine rings is 1. The highest BCUT2D eigenvalue weighted by atomic mass is 16.5. The molecule has 6 heteroatoms. The Labute approximate surface area is 108 Å². The Bertz CT molecular complexity index is 390. The van der Waals surface area contributed by atoms with Crippen LogP contribution in [0.15, 0.2) is 6.20 Å². The minimum atomic E-state index is 0.389. The lowest BCUT2D eigenvalue weighted by Crippen LogP contribution is -2.38. The zero-order chi connectivity index (χ0) is 13.0. The quantitative estimate of drug-likeness (QED) is 0.616. The van der Waals surface area contributed by atoms with Crippen LogP contribution in [-0.4, -0.2) is 35.8 Å². The molecule has 0 bridgehead atoms. The third-order valence-corrected chi connectivity index (χ3v) is 3.22. The fraction of sp³-hybridized carbons (Fsp3) is 0.667. The molecular weight excluding hydrogens is 230 g/mol. The number of hydrogen-bond acceptors (Lipinski definition) is 6. The van der Waals surface area contributed by atoms with Crippen molar-refractivity contribution >= 4 is 11.8 Å². The van der Waals surface area contributed by atoms with Crippen molar-refractivity contribution in [3.63, 3.8) is 0 Å². The van der Waals surface area contributed by atoms with Gasteiger partial charge in [-0.25, -0.2) is 10.8 Å². The van der Waals surface area contributed by atoms with Crippen LogP contribution >= 0.6 is 0 Å². The Morgan fingerprint density at radius 3 is 2.83 bits per heavy atom. The summed E-state index contributed by atoms with van der Waals surface area (Å²) in [6.07, 6.45) is 4.28. The molecule has 0 saturated carbocycles. The normalized spacial score (nSPS) is 16.9. The first-order valence-corrected chi connectivity index (χ1v) is 6.41. The van der Waals surface area contributed by atoms with E-state index in [9.17, 15) is 0 Å². The second-order valence-corrected chi connectivity index (χ2v) is 4.49. The maximum absolute atomic E-state index is 5.65. The first-order chi connectivity index (χ1) is 8.74. The van der Waals surface area contributed by atoms with Crippen LogP contribution < -0.4 is 16.2 Å². The Hall–Kier alpha value is -1.40. The van der Waals surface area contributed by atoms with Crippen LogP contribution in [0.4, 0.5) is 11.8 Å². The number of anilines is 2. The number of ether oxygens (including phenoxy) is 1. The minimum Gasteiger partial charge on any atom is -0.378 e. The molecule has 18 heavy (non-hydrogen) atoms. The topological polar surface area (TPSA) is 76.3 Å². The zero-order valence-corrected chi connectivity index (χ0v) is 11.0. The van der Waals surface area contributed by atoms with E-state index in [0.29, 0.717) is 12.1 Å². The molecule has 0 spiro atoms. The van der Waals surface area contributed by atoms with Gasteiger partial charge in [0.25, 0.3) is 0 Å². The zero-order valence-electron chi connectivity index (χ0n) is 11.0. The number of nitrogens with zero attached hydrogens (tertiary/aromatic N) is 3. The number of nitrogens with two attached hydrogens (primary N) is 1. The first kappa shape index (κ1) is 13.0.